The topological polar surface area (TPSA) is 26.3 Å². The first-order valence-corrected chi connectivity index (χ1v) is 17.1. The van der Waals surface area contributed by atoms with E-state index in [1.54, 1.807) is 0 Å². The van der Waals surface area contributed by atoms with Crippen molar-refractivity contribution in [1.29, 1.82) is 0 Å². The van der Waals surface area contributed by atoms with E-state index in [4.69, 9.17) is 8.83 Å². The van der Waals surface area contributed by atoms with Gasteiger partial charge in [0.1, 0.15) is 22.3 Å². The quantitative estimate of drug-likeness (QED) is 0.180. The molecule has 2 nitrogen and oxygen atoms in total. The van der Waals surface area contributed by atoms with Crippen molar-refractivity contribution < 1.29 is 8.83 Å². The van der Waals surface area contributed by atoms with Crippen LogP contribution in [0.15, 0.2) is 179 Å². The molecule has 0 saturated carbocycles. The second-order valence-corrected chi connectivity index (χ2v) is 13.2. The molecule has 0 amide bonds. The van der Waals surface area contributed by atoms with E-state index < -0.39 is 0 Å². The first kappa shape index (κ1) is 27.3. The van der Waals surface area contributed by atoms with Gasteiger partial charge in [-0.1, -0.05) is 140 Å². The average Bonchev–Trinajstić information content (AvgIpc) is 3.72. The largest absolute Gasteiger partial charge is 0.456 e. The smallest absolute Gasteiger partial charge is 0.136 e. The van der Waals surface area contributed by atoms with E-state index in [9.17, 15) is 0 Å². The second-order valence-electron chi connectivity index (χ2n) is 13.2. The van der Waals surface area contributed by atoms with Crippen LogP contribution in [0.1, 0.15) is 0 Å². The molecule has 0 N–H and O–H groups in total. The molecule has 0 unspecified atom stereocenters. The van der Waals surface area contributed by atoms with Gasteiger partial charge in [-0.25, -0.2) is 0 Å². The van der Waals surface area contributed by atoms with Gasteiger partial charge in [-0.15, -0.1) is 0 Å². The summed E-state index contributed by atoms with van der Waals surface area (Å²) in [6.45, 7) is 0. The standard InChI is InChI=1S/C48H28O2/c1-2-12-33-30(10-1)11-9-18-35(33)48-38-16-5-3-14-36(38)47(37-15-4-6-17-39(37)48)31-22-20-29(21-23-31)32-24-25-44-40(26-32)42-28-45-41(27-46(42)50-44)34-13-7-8-19-43(34)49-45/h1-28H. The monoisotopic (exact) mass is 636 g/mol. The van der Waals surface area contributed by atoms with Crippen molar-refractivity contribution in [2.75, 3.05) is 0 Å². The summed E-state index contributed by atoms with van der Waals surface area (Å²) in [6, 6.07) is 61.0. The fourth-order valence-electron chi connectivity index (χ4n) is 8.18. The number of benzene rings is 9. The van der Waals surface area contributed by atoms with Gasteiger partial charge >= 0.3 is 0 Å². The van der Waals surface area contributed by atoms with Gasteiger partial charge in [0.25, 0.3) is 0 Å². The first-order chi connectivity index (χ1) is 24.8. The van der Waals surface area contributed by atoms with Crippen LogP contribution in [0.5, 0.6) is 0 Å². The van der Waals surface area contributed by atoms with Crippen LogP contribution in [0.3, 0.4) is 0 Å². The van der Waals surface area contributed by atoms with Gasteiger partial charge in [-0.2, -0.15) is 0 Å². The summed E-state index contributed by atoms with van der Waals surface area (Å²) in [5.41, 5.74) is 10.8. The molecule has 9 aromatic carbocycles. The Bertz CT molecular complexity index is 3080. The molecule has 232 valence electrons. The lowest BCUT2D eigenvalue weighted by molar-refractivity contribution is 0.664. The van der Waals surface area contributed by atoms with E-state index in [-0.39, 0.29) is 0 Å². The van der Waals surface area contributed by atoms with Gasteiger partial charge < -0.3 is 8.83 Å². The third-order valence-electron chi connectivity index (χ3n) is 10.5. The summed E-state index contributed by atoms with van der Waals surface area (Å²) in [4.78, 5) is 0. The maximum Gasteiger partial charge on any atom is 0.136 e. The number of rotatable bonds is 3. The maximum atomic E-state index is 6.35. The molecule has 11 aromatic rings. The molecule has 50 heavy (non-hydrogen) atoms. The van der Waals surface area contributed by atoms with Crippen LogP contribution in [-0.4, -0.2) is 0 Å². The lowest BCUT2D eigenvalue weighted by Crippen LogP contribution is -1.91. The molecule has 11 rings (SSSR count). The van der Waals surface area contributed by atoms with E-state index >= 15 is 0 Å². The zero-order chi connectivity index (χ0) is 32.8. The average molecular weight is 637 g/mol. The van der Waals surface area contributed by atoms with Gasteiger partial charge in [0, 0.05) is 21.5 Å². The van der Waals surface area contributed by atoms with Crippen molar-refractivity contribution in [3.8, 4) is 33.4 Å². The van der Waals surface area contributed by atoms with Gasteiger partial charge in [0.05, 0.1) is 0 Å². The number of hydrogen-bond donors (Lipinski definition) is 0. The summed E-state index contributed by atoms with van der Waals surface area (Å²) in [5.74, 6) is 0. The maximum absolute atomic E-state index is 6.35. The SMILES string of the molecule is c1ccc2c(-c3c4ccccc4c(-c4ccc(-c5ccc6oc7cc8c(cc7c6c5)oc5ccccc58)cc4)c4ccccc34)cccc2c1. The summed E-state index contributed by atoms with van der Waals surface area (Å²) >= 11 is 0. The summed E-state index contributed by atoms with van der Waals surface area (Å²) in [6.07, 6.45) is 0. The molecule has 0 saturated heterocycles. The lowest BCUT2D eigenvalue weighted by Gasteiger charge is -2.19. The highest BCUT2D eigenvalue weighted by molar-refractivity contribution is 6.23. The zero-order valence-electron chi connectivity index (χ0n) is 27.0. The van der Waals surface area contributed by atoms with Crippen molar-refractivity contribution in [1.82, 2.24) is 0 Å². The molecular formula is C48H28O2. The highest BCUT2D eigenvalue weighted by Crippen LogP contribution is 2.45. The molecular weight excluding hydrogens is 609 g/mol. The number of hydrogen-bond acceptors (Lipinski definition) is 2. The van der Waals surface area contributed by atoms with E-state index in [0.29, 0.717) is 0 Å². The van der Waals surface area contributed by atoms with Crippen LogP contribution >= 0.6 is 0 Å². The Morgan fingerprint density at radius 2 is 0.740 bits per heavy atom. The minimum atomic E-state index is 0.872. The molecule has 0 atom stereocenters. The van der Waals surface area contributed by atoms with Crippen LogP contribution in [-0.2, 0) is 0 Å². The van der Waals surface area contributed by atoms with Crippen molar-refractivity contribution in [2.45, 2.75) is 0 Å². The van der Waals surface area contributed by atoms with Gasteiger partial charge in [-0.3, -0.25) is 0 Å². The third-order valence-corrected chi connectivity index (χ3v) is 10.5. The Kier molecular flexibility index (Phi) is 5.70. The summed E-state index contributed by atoms with van der Waals surface area (Å²) in [7, 11) is 0. The number of fused-ring (bicyclic) bond motifs is 9. The van der Waals surface area contributed by atoms with Gasteiger partial charge in [-0.05, 0) is 96.0 Å². The van der Waals surface area contributed by atoms with E-state index in [2.05, 4.69) is 152 Å². The van der Waals surface area contributed by atoms with Crippen molar-refractivity contribution >= 4 is 76.2 Å². The molecule has 2 aromatic heterocycles. The highest BCUT2D eigenvalue weighted by Gasteiger charge is 2.18. The predicted molar refractivity (Wildman–Crippen MR) is 210 cm³/mol. The number of para-hydroxylation sites is 1. The van der Waals surface area contributed by atoms with Crippen LogP contribution in [0, 0.1) is 0 Å². The molecule has 2 heterocycles. The zero-order valence-corrected chi connectivity index (χ0v) is 27.0. The van der Waals surface area contributed by atoms with Crippen LogP contribution in [0.25, 0.3) is 110 Å². The molecule has 0 radical (unpaired) electrons. The minimum Gasteiger partial charge on any atom is -0.456 e. The normalized spacial score (nSPS) is 12.0. The van der Waals surface area contributed by atoms with Crippen LogP contribution in [0.4, 0.5) is 0 Å². The Hall–Kier alpha value is -6.64. The minimum absolute atomic E-state index is 0.872. The fourth-order valence-corrected chi connectivity index (χ4v) is 8.18. The highest BCUT2D eigenvalue weighted by atomic mass is 16.3. The molecule has 0 fully saturated rings. The Morgan fingerprint density at radius 3 is 1.44 bits per heavy atom. The van der Waals surface area contributed by atoms with Gasteiger partial charge in [0.15, 0.2) is 0 Å². The van der Waals surface area contributed by atoms with E-state index in [1.165, 1.54) is 54.6 Å². The van der Waals surface area contributed by atoms with Crippen LogP contribution in [0.2, 0.25) is 0 Å². The van der Waals surface area contributed by atoms with Crippen LogP contribution < -0.4 is 0 Å². The van der Waals surface area contributed by atoms with Crippen molar-refractivity contribution in [2.24, 2.45) is 0 Å². The molecule has 2 heteroatoms. The molecule has 0 aliphatic rings. The molecule has 0 aliphatic heterocycles. The molecule has 0 spiro atoms. The van der Waals surface area contributed by atoms with E-state index in [0.717, 1.165) is 55.0 Å². The second kappa shape index (κ2) is 10.4. The van der Waals surface area contributed by atoms with E-state index in [1.807, 2.05) is 18.2 Å². The van der Waals surface area contributed by atoms with Gasteiger partial charge in [0.2, 0.25) is 0 Å². The number of furan rings is 2. The molecule has 0 aliphatic carbocycles. The predicted octanol–water partition coefficient (Wildman–Crippen LogP) is 13.9. The fraction of sp³-hybridized carbons (Fsp3) is 0. The summed E-state index contributed by atoms with van der Waals surface area (Å²) < 4.78 is 12.6. The Labute approximate surface area is 287 Å². The van der Waals surface area contributed by atoms with Crippen molar-refractivity contribution in [3.05, 3.63) is 170 Å². The molecule has 0 bridgehead atoms. The first-order valence-electron chi connectivity index (χ1n) is 17.1. The third kappa shape index (κ3) is 3.96. The summed E-state index contributed by atoms with van der Waals surface area (Å²) in [5, 5.41) is 11.9. The lowest BCUT2D eigenvalue weighted by atomic mass is 9.84. The Morgan fingerprint density at radius 1 is 0.260 bits per heavy atom. The Balaban J connectivity index is 1.06. The van der Waals surface area contributed by atoms with Crippen molar-refractivity contribution in [3.63, 3.8) is 0 Å².